The first-order valence-corrected chi connectivity index (χ1v) is 6.96. The smallest absolute Gasteiger partial charge is 0.254 e. The molecule has 0 aromatic heterocycles. The van der Waals surface area contributed by atoms with Crippen LogP contribution in [0.4, 0.5) is 4.39 Å². The normalized spacial score (nSPS) is 17.5. The molecule has 0 saturated heterocycles. The highest BCUT2D eigenvalue weighted by Gasteiger charge is 2.17. The second-order valence-electron chi connectivity index (χ2n) is 5.18. The van der Waals surface area contributed by atoms with Crippen molar-refractivity contribution in [3.8, 4) is 5.75 Å². The molecule has 0 bridgehead atoms. The fraction of sp³-hybridized carbons (Fsp3) is 0.533. The van der Waals surface area contributed by atoms with Crippen LogP contribution in [0.3, 0.4) is 0 Å². The second-order valence-corrected chi connectivity index (χ2v) is 5.18. The molecule has 3 nitrogen and oxygen atoms in total. The van der Waals surface area contributed by atoms with E-state index in [1.165, 1.54) is 31.4 Å². The molecule has 0 heterocycles. The highest BCUT2D eigenvalue weighted by molar-refractivity contribution is 5.94. The van der Waals surface area contributed by atoms with Gasteiger partial charge < -0.3 is 10.4 Å². The van der Waals surface area contributed by atoms with Gasteiger partial charge in [-0.1, -0.05) is 32.1 Å². The number of hydrogen-bond acceptors (Lipinski definition) is 2. The standard InChI is InChI=1S/C15H20FNO2/c16-14-10-12(18)8-9-13(14)15(19)17-11-6-4-2-1-3-5-7-11/h8-11,18H,1-7H2,(H,17,19). The topological polar surface area (TPSA) is 49.3 Å². The Morgan fingerprint density at radius 1 is 1.16 bits per heavy atom. The summed E-state index contributed by atoms with van der Waals surface area (Å²) >= 11 is 0. The van der Waals surface area contributed by atoms with Crippen LogP contribution < -0.4 is 5.32 Å². The van der Waals surface area contributed by atoms with Crippen LogP contribution in [0.25, 0.3) is 0 Å². The second kappa shape index (κ2) is 6.55. The number of halogens is 1. The van der Waals surface area contributed by atoms with Gasteiger partial charge in [-0.2, -0.15) is 0 Å². The van der Waals surface area contributed by atoms with Gasteiger partial charge in [0.1, 0.15) is 11.6 Å². The van der Waals surface area contributed by atoms with E-state index in [0.29, 0.717) is 0 Å². The molecule has 1 fully saturated rings. The van der Waals surface area contributed by atoms with Crippen LogP contribution in [-0.4, -0.2) is 17.1 Å². The first-order chi connectivity index (χ1) is 9.16. The summed E-state index contributed by atoms with van der Waals surface area (Å²) in [6, 6.07) is 3.76. The van der Waals surface area contributed by atoms with Crippen molar-refractivity contribution in [2.24, 2.45) is 0 Å². The molecule has 19 heavy (non-hydrogen) atoms. The molecule has 4 heteroatoms. The summed E-state index contributed by atoms with van der Waals surface area (Å²) in [7, 11) is 0. The molecule has 1 saturated carbocycles. The highest BCUT2D eigenvalue weighted by Crippen LogP contribution is 2.19. The number of carbonyl (C=O) groups excluding carboxylic acids is 1. The van der Waals surface area contributed by atoms with Crippen molar-refractivity contribution in [1.29, 1.82) is 0 Å². The van der Waals surface area contributed by atoms with Gasteiger partial charge in [-0.25, -0.2) is 4.39 Å². The van der Waals surface area contributed by atoms with Crippen molar-refractivity contribution in [3.05, 3.63) is 29.6 Å². The largest absolute Gasteiger partial charge is 0.508 e. The molecular weight excluding hydrogens is 245 g/mol. The van der Waals surface area contributed by atoms with E-state index in [1.807, 2.05) is 0 Å². The maximum absolute atomic E-state index is 13.6. The van der Waals surface area contributed by atoms with Gasteiger partial charge in [0.15, 0.2) is 0 Å². The van der Waals surface area contributed by atoms with Crippen molar-refractivity contribution in [1.82, 2.24) is 5.32 Å². The molecular formula is C15H20FNO2. The lowest BCUT2D eigenvalue weighted by Crippen LogP contribution is -2.35. The minimum absolute atomic E-state index is 0.000130. The average molecular weight is 265 g/mol. The number of hydrogen-bond donors (Lipinski definition) is 2. The maximum Gasteiger partial charge on any atom is 0.254 e. The SMILES string of the molecule is O=C(NC1CCCCCCC1)c1ccc(O)cc1F. The van der Waals surface area contributed by atoms with Crippen LogP contribution in [-0.2, 0) is 0 Å². The molecule has 1 aliphatic rings. The molecule has 1 aromatic rings. The Bertz CT molecular complexity index is 440. The monoisotopic (exact) mass is 265 g/mol. The van der Waals surface area contributed by atoms with Crippen LogP contribution in [0, 0.1) is 5.82 Å². The first kappa shape index (κ1) is 13.8. The van der Waals surface area contributed by atoms with Crippen molar-refractivity contribution in [2.75, 3.05) is 0 Å². The lowest BCUT2D eigenvalue weighted by molar-refractivity contribution is 0.0926. The molecule has 1 aliphatic carbocycles. The molecule has 104 valence electrons. The Labute approximate surface area is 112 Å². The molecule has 0 unspecified atom stereocenters. The molecule has 1 amide bonds. The number of phenols is 1. The maximum atomic E-state index is 13.6. The zero-order valence-electron chi connectivity index (χ0n) is 11.0. The van der Waals surface area contributed by atoms with E-state index in [9.17, 15) is 9.18 Å². The van der Waals surface area contributed by atoms with Gasteiger partial charge in [-0.05, 0) is 25.0 Å². The number of amides is 1. The highest BCUT2D eigenvalue weighted by atomic mass is 19.1. The van der Waals surface area contributed by atoms with Crippen molar-refractivity contribution in [2.45, 2.75) is 51.0 Å². The van der Waals surface area contributed by atoms with Crippen LogP contribution in [0.2, 0.25) is 0 Å². The van der Waals surface area contributed by atoms with E-state index in [1.54, 1.807) is 0 Å². The van der Waals surface area contributed by atoms with E-state index in [-0.39, 0.29) is 23.3 Å². The summed E-state index contributed by atoms with van der Waals surface area (Å²) in [6.45, 7) is 0. The fourth-order valence-electron chi connectivity index (χ4n) is 2.55. The summed E-state index contributed by atoms with van der Waals surface area (Å²) < 4.78 is 13.6. The molecule has 0 aliphatic heterocycles. The fourth-order valence-corrected chi connectivity index (χ4v) is 2.55. The average Bonchev–Trinajstić information content (AvgIpc) is 2.32. The van der Waals surface area contributed by atoms with Gasteiger partial charge in [-0.3, -0.25) is 4.79 Å². The third-order valence-corrected chi connectivity index (χ3v) is 3.64. The zero-order valence-corrected chi connectivity index (χ0v) is 11.0. The van der Waals surface area contributed by atoms with Gasteiger partial charge in [0.25, 0.3) is 5.91 Å². The quantitative estimate of drug-likeness (QED) is 0.861. The van der Waals surface area contributed by atoms with Crippen molar-refractivity contribution < 1.29 is 14.3 Å². The van der Waals surface area contributed by atoms with Gasteiger partial charge in [0.2, 0.25) is 0 Å². The predicted molar refractivity (Wildman–Crippen MR) is 71.6 cm³/mol. The van der Waals surface area contributed by atoms with Gasteiger partial charge in [0.05, 0.1) is 5.56 Å². The Hall–Kier alpha value is -1.58. The van der Waals surface area contributed by atoms with Gasteiger partial charge in [-0.15, -0.1) is 0 Å². The Morgan fingerprint density at radius 2 is 1.79 bits per heavy atom. The van der Waals surface area contributed by atoms with Crippen LogP contribution >= 0.6 is 0 Å². The molecule has 1 aromatic carbocycles. The third kappa shape index (κ3) is 3.94. The zero-order chi connectivity index (χ0) is 13.7. The Balaban J connectivity index is 1.99. The van der Waals surface area contributed by atoms with Crippen LogP contribution in [0.1, 0.15) is 55.3 Å². The number of benzene rings is 1. The summed E-state index contributed by atoms with van der Waals surface area (Å²) in [4.78, 5) is 12.0. The molecule has 2 N–H and O–H groups in total. The number of phenolic OH excluding ortho intramolecular Hbond substituents is 1. The molecule has 0 atom stereocenters. The Kier molecular flexibility index (Phi) is 4.77. The molecule has 2 rings (SSSR count). The van der Waals surface area contributed by atoms with E-state index >= 15 is 0 Å². The van der Waals surface area contributed by atoms with Crippen molar-refractivity contribution in [3.63, 3.8) is 0 Å². The lowest BCUT2D eigenvalue weighted by atomic mass is 9.96. The number of nitrogens with one attached hydrogen (secondary N) is 1. The van der Waals surface area contributed by atoms with Crippen LogP contribution in [0.15, 0.2) is 18.2 Å². The van der Waals surface area contributed by atoms with Crippen molar-refractivity contribution >= 4 is 5.91 Å². The summed E-state index contributed by atoms with van der Waals surface area (Å²) in [6.07, 6.45) is 7.84. The number of aromatic hydroxyl groups is 1. The minimum Gasteiger partial charge on any atom is -0.508 e. The van der Waals surface area contributed by atoms with E-state index in [4.69, 9.17) is 5.11 Å². The number of rotatable bonds is 2. The van der Waals surface area contributed by atoms with E-state index in [2.05, 4.69) is 5.32 Å². The lowest BCUT2D eigenvalue weighted by Gasteiger charge is -2.21. The minimum atomic E-state index is -0.677. The van der Waals surface area contributed by atoms with Gasteiger partial charge in [0, 0.05) is 12.1 Å². The summed E-state index contributed by atoms with van der Waals surface area (Å²) in [5.41, 5.74) is -0.000130. The van der Waals surface area contributed by atoms with Crippen LogP contribution in [0.5, 0.6) is 5.75 Å². The summed E-state index contributed by atoms with van der Waals surface area (Å²) in [5.74, 6) is -1.23. The van der Waals surface area contributed by atoms with E-state index in [0.717, 1.165) is 31.7 Å². The number of carbonyl (C=O) groups is 1. The summed E-state index contributed by atoms with van der Waals surface area (Å²) in [5, 5.41) is 12.0. The Morgan fingerprint density at radius 3 is 2.42 bits per heavy atom. The third-order valence-electron chi connectivity index (χ3n) is 3.64. The first-order valence-electron chi connectivity index (χ1n) is 6.96. The molecule has 0 radical (unpaired) electrons. The van der Waals surface area contributed by atoms with Gasteiger partial charge >= 0.3 is 0 Å². The van der Waals surface area contributed by atoms with E-state index < -0.39 is 5.82 Å². The molecule has 0 spiro atoms. The predicted octanol–water partition coefficient (Wildman–Crippen LogP) is 3.37.